The number of nitrogens with zero attached hydrogens (tertiary/aromatic N) is 2. The van der Waals surface area contributed by atoms with E-state index in [9.17, 15) is 14.0 Å². The third-order valence-corrected chi connectivity index (χ3v) is 5.44. The molecule has 0 saturated carbocycles. The number of likely N-dealkylation sites (tertiary alicyclic amines) is 1. The summed E-state index contributed by atoms with van der Waals surface area (Å²) in [6.07, 6.45) is 4.58. The number of carbonyl (C=O) groups excluding carboxylic acids is 2. The second kappa shape index (κ2) is 9.66. The minimum absolute atomic E-state index is 0.278. The lowest BCUT2D eigenvalue weighted by atomic mass is 9.98. The molecule has 1 aromatic heterocycles. The highest BCUT2D eigenvalue weighted by atomic mass is 19.1. The summed E-state index contributed by atoms with van der Waals surface area (Å²) in [6.45, 7) is 3.08. The summed E-state index contributed by atoms with van der Waals surface area (Å²) in [7, 11) is 0. The van der Waals surface area contributed by atoms with Crippen LogP contribution in [0.3, 0.4) is 0 Å². The zero-order valence-corrected chi connectivity index (χ0v) is 17.1. The molecule has 4 rings (SSSR count). The van der Waals surface area contributed by atoms with E-state index in [2.05, 4.69) is 15.2 Å². The average molecular weight is 421 g/mol. The van der Waals surface area contributed by atoms with Crippen LogP contribution in [0.4, 0.5) is 14.9 Å². The molecular formula is C24H24FN3O3. The van der Waals surface area contributed by atoms with Gasteiger partial charge < -0.3 is 4.74 Å². The molecule has 0 atom stereocenters. The maximum absolute atomic E-state index is 13.2. The van der Waals surface area contributed by atoms with Crippen molar-refractivity contribution in [3.05, 3.63) is 71.7 Å². The van der Waals surface area contributed by atoms with Gasteiger partial charge in [0.2, 0.25) is 0 Å². The van der Waals surface area contributed by atoms with Crippen molar-refractivity contribution in [3.63, 3.8) is 0 Å². The number of anilines is 1. The van der Waals surface area contributed by atoms with Crippen molar-refractivity contribution >= 4 is 28.5 Å². The highest BCUT2D eigenvalue weighted by molar-refractivity contribution is 6.19. The molecular weight excluding hydrogens is 397 g/mol. The third kappa shape index (κ3) is 5.06. The van der Waals surface area contributed by atoms with Crippen LogP contribution in [0.25, 0.3) is 10.9 Å². The average Bonchev–Trinajstić information content (AvgIpc) is 2.79. The first-order valence-corrected chi connectivity index (χ1v) is 10.5. The topological polar surface area (TPSA) is 71.5 Å². The Hall–Kier alpha value is -3.32. The first-order valence-electron chi connectivity index (χ1n) is 10.5. The van der Waals surface area contributed by atoms with Gasteiger partial charge in [0.1, 0.15) is 12.4 Å². The maximum Gasteiger partial charge on any atom is 0.411 e. The quantitative estimate of drug-likeness (QED) is 0.587. The summed E-state index contributed by atoms with van der Waals surface area (Å²) < 4.78 is 18.6. The summed E-state index contributed by atoms with van der Waals surface area (Å²) in [4.78, 5) is 32.0. The van der Waals surface area contributed by atoms with Crippen LogP contribution in [0, 0.1) is 5.82 Å². The number of carbonyl (C=O) groups is 2. The van der Waals surface area contributed by atoms with Crippen molar-refractivity contribution in [3.8, 4) is 0 Å². The molecule has 2 heterocycles. The normalized spacial score (nSPS) is 14.4. The number of aromatic nitrogens is 1. The van der Waals surface area contributed by atoms with Crippen LogP contribution in [0.1, 0.15) is 35.2 Å². The number of pyridine rings is 1. The lowest BCUT2D eigenvalue weighted by molar-refractivity contribution is 0.104. The molecule has 1 aliphatic rings. The Morgan fingerprint density at radius 2 is 1.81 bits per heavy atom. The molecule has 31 heavy (non-hydrogen) atoms. The van der Waals surface area contributed by atoms with Crippen molar-refractivity contribution in [1.82, 2.24) is 9.88 Å². The molecule has 1 saturated heterocycles. The van der Waals surface area contributed by atoms with Crippen LogP contribution < -0.4 is 5.32 Å². The van der Waals surface area contributed by atoms with Gasteiger partial charge in [0.05, 0.1) is 11.2 Å². The second-order valence-corrected chi connectivity index (χ2v) is 7.56. The maximum atomic E-state index is 13.2. The fourth-order valence-corrected chi connectivity index (χ4v) is 3.85. The monoisotopic (exact) mass is 421 g/mol. The van der Waals surface area contributed by atoms with E-state index in [1.54, 1.807) is 30.5 Å². The Morgan fingerprint density at radius 3 is 2.58 bits per heavy atom. The fraction of sp³-hybridized carbons (Fsp3) is 0.292. The first-order chi connectivity index (χ1) is 15.1. The number of ketones is 1. The van der Waals surface area contributed by atoms with Crippen molar-refractivity contribution in [2.45, 2.75) is 19.3 Å². The number of fused-ring (bicyclic) bond motifs is 1. The molecule has 0 aliphatic carbocycles. The number of nitrogens with one attached hydrogen (secondary N) is 1. The number of halogens is 1. The van der Waals surface area contributed by atoms with Gasteiger partial charge in [0, 0.05) is 29.3 Å². The minimum Gasteiger partial charge on any atom is -0.448 e. The van der Waals surface area contributed by atoms with Crippen molar-refractivity contribution in [1.29, 1.82) is 0 Å². The van der Waals surface area contributed by atoms with E-state index in [0.29, 0.717) is 40.9 Å². The SMILES string of the molecule is O=C(Nc1cccc2nccc(C(=O)c3ccc(F)cc3)c12)OCCN1CCCCC1. The van der Waals surface area contributed by atoms with E-state index in [1.165, 1.54) is 43.5 Å². The van der Waals surface area contributed by atoms with E-state index in [-0.39, 0.29) is 5.78 Å². The van der Waals surface area contributed by atoms with Gasteiger partial charge in [-0.3, -0.25) is 20.0 Å². The summed E-state index contributed by atoms with van der Waals surface area (Å²) in [5, 5.41) is 3.27. The van der Waals surface area contributed by atoms with Crippen LogP contribution in [0.2, 0.25) is 0 Å². The largest absolute Gasteiger partial charge is 0.448 e. The van der Waals surface area contributed by atoms with E-state index < -0.39 is 11.9 Å². The number of hydrogen-bond donors (Lipinski definition) is 1. The van der Waals surface area contributed by atoms with E-state index >= 15 is 0 Å². The minimum atomic E-state index is -0.575. The number of piperidine rings is 1. The molecule has 1 fully saturated rings. The van der Waals surface area contributed by atoms with Gasteiger partial charge >= 0.3 is 6.09 Å². The zero-order chi connectivity index (χ0) is 21.6. The van der Waals surface area contributed by atoms with Gasteiger partial charge in [-0.2, -0.15) is 0 Å². The van der Waals surface area contributed by atoms with Crippen LogP contribution in [0.5, 0.6) is 0 Å². The molecule has 3 aromatic rings. The Morgan fingerprint density at radius 1 is 1.03 bits per heavy atom. The van der Waals surface area contributed by atoms with Crippen LogP contribution in [0.15, 0.2) is 54.7 Å². The molecule has 1 aliphatic heterocycles. The Balaban J connectivity index is 1.51. The predicted octanol–water partition coefficient (Wildman–Crippen LogP) is 4.64. The highest BCUT2D eigenvalue weighted by Gasteiger charge is 2.17. The van der Waals surface area contributed by atoms with Crippen molar-refractivity contribution < 1.29 is 18.7 Å². The molecule has 0 bridgehead atoms. The molecule has 160 valence electrons. The molecule has 2 aromatic carbocycles. The zero-order valence-electron chi connectivity index (χ0n) is 17.1. The second-order valence-electron chi connectivity index (χ2n) is 7.56. The highest BCUT2D eigenvalue weighted by Crippen LogP contribution is 2.27. The van der Waals surface area contributed by atoms with Crippen LogP contribution >= 0.6 is 0 Å². The molecule has 0 unspecified atom stereocenters. The summed E-state index contributed by atoms with van der Waals surface area (Å²) in [6, 6.07) is 12.2. The van der Waals surface area contributed by atoms with Crippen molar-refractivity contribution in [2.24, 2.45) is 0 Å². The van der Waals surface area contributed by atoms with Gasteiger partial charge in [-0.05, 0) is 68.4 Å². The van der Waals surface area contributed by atoms with Gasteiger partial charge in [0.25, 0.3) is 0 Å². The van der Waals surface area contributed by atoms with Crippen molar-refractivity contribution in [2.75, 3.05) is 31.6 Å². The molecule has 0 radical (unpaired) electrons. The summed E-state index contributed by atoms with van der Waals surface area (Å²) in [5.74, 6) is -0.689. The standard InChI is InChI=1S/C24H24FN3O3/c25-18-9-7-17(8-10-18)23(29)19-11-12-26-20-5-4-6-21(22(19)20)27-24(30)31-16-15-28-13-2-1-3-14-28/h4-12H,1-3,13-16H2,(H,27,30). The van der Waals surface area contributed by atoms with Gasteiger partial charge in [0.15, 0.2) is 5.78 Å². The molecule has 1 N–H and O–H groups in total. The van der Waals surface area contributed by atoms with Gasteiger partial charge in [-0.1, -0.05) is 12.5 Å². The summed E-state index contributed by atoms with van der Waals surface area (Å²) >= 11 is 0. The van der Waals surface area contributed by atoms with Crippen LogP contribution in [-0.4, -0.2) is 48.0 Å². The predicted molar refractivity (Wildman–Crippen MR) is 117 cm³/mol. The number of benzene rings is 2. The molecule has 6 nitrogen and oxygen atoms in total. The van der Waals surface area contributed by atoms with Gasteiger partial charge in [-0.25, -0.2) is 9.18 Å². The Bertz CT molecular complexity index is 1070. The first kappa shape index (κ1) is 20.9. The van der Waals surface area contributed by atoms with Crippen LogP contribution in [-0.2, 0) is 4.74 Å². The third-order valence-electron chi connectivity index (χ3n) is 5.44. The lowest BCUT2D eigenvalue weighted by Crippen LogP contribution is -2.33. The van der Waals surface area contributed by atoms with Gasteiger partial charge in [-0.15, -0.1) is 0 Å². The lowest BCUT2D eigenvalue weighted by Gasteiger charge is -2.25. The van der Waals surface area contributed by atoms with E-state index in [4.69, 9.17) is 4.74 Å². The number of ether oxygens (including phenoxy) is 1. The molecule has 0 spiro atoms. The van der Waals surface area contributed by atoms with E-state index in [1.807, 2.05) is 0 Å². The number of rotatable bonds is 6. The van der Waals surface area contributed by atoms with E-state index in [0.717, 1.165) is 13.1 Å². The number of hydrogen-bond acceptors (Lipinski definition) is 5. The summed E-state index contributed by atoms with van der Waals surface area (Å²) in [5.41, 5.74) is 1.74. The Labute approximate surface area is 180 Å². The molecule has 1 amide bonds. The fourth-order valence-electron chi connectivity index (χ4n) is 3.85. The Kier molecular flexibility index (Phi) is 6.52. The molecule has 7 heteroatoms. The smallest absolute Gasteiger partial charge is 0.411 e. The number of amides is 1.